The number of nitro groups is 1. The molecule has 0 unspecified atom stereocenters. The second-order valence-corrected chi connectivity index (χ2v) is 7.07. The fraction of sp³-hybridized carbons (Fsp3) is 0.300. The van der Waals surface area contributed by atoms with Gasteiger partial charge in [-0.1, -0.05) is 0 Å². The minimum absolute atomic E-state index is 0.136. The number of halogens is 1. The molecule has 0 spiro atoms. The molecule has 30 heavy (non-hydrogen) atoms. The quantitative estimate of drug-likeness (QED) is 0.612. The Hall–Kier alpha value is -3.69. The number of hydrogen-bond donors (Lipinski definition) is 1. The molecule has 2 aromatic carbocycles. The summed E-state index contributed by atoms with van der Waals surface area (Å²) >= 11 is 0. The Morgan fingerprint density at radius 2 is 1.63 bits per heavy atom. The minimum Gasteiger partial charge on any atom is -0.372 e. The number of nitro benzene ring substituents is 1. The lowest BCUT2D eigenvalue weighted by molar-refractivity contribution is -0.384. The average molecular weight is 415 g/mol. The van der Waals surface area contributed by atoms with Crippen LogP contribution in [0.15, 0.2) is 42.5 Å². The Morgan fingerprint density at radius 3 is 2.20 bits per heavy atom. The van der Waals surface area contributed by atoms with Crippen LogP contribution in [-0.4, -0.2) is 66.9 Å². The predicted octanol–water partition coefficient (Wildman–Crippen LogP) is 2.79. The highest BCUT2D eigenvalue weighted by molar-refractivity contribution is 5.96. The molecule has 1 saturated heterocycles. The number of amides is 3. The molecular weight excluding hydrogens is 393 g/mol. The van der Waals surface area contributed by atoms with Gasteiger partial charge in [0.25, 0.3) is 11.6 Å². The highest BCUT2D eigenvalue weighted by Crippen LogP contribution is 2.28. The number of carbonyl (C=O) groups is 2. The Labute approximate surface area is 172 Å². The van der Waals surface area contributed by atoms with E-state index in [0.717, 1.165) is 0 Å². The second kappa shape index (κ2) is 8.76. The van der Waals surface area contributed by atoms with Gasteiger partial charge in [-0.3, -0.25) is 14.9 Å². The minimum atomic E-state index is -0.510. The predicted molar refractivity (Wildman–Crippen MR) is 110 cm³/mol. The van der Waals surface area contributed by atoms with Crippen LogP contribution in [0.25, 0.3) is 0 Å². The molecule has 0 saturated carbocycles. The maximum Gasteiger partial charge on any atom is 0.321 e. The van der Waals surface area contributed by atoms with E-state index in [1.54, 1.807) is 40.9 Å². The number of rotatable bonds is 4. The molecule has 3 rings (SSSR count). The molecule has 1 fully saturated rings. The molecule has 1 aliphatic rings. The van der Waals surface area contributed by atoms with E-state index in [-0.39, 0.29) is 29.0 Å². The summed E-state index contributed by atoms with van der Waals surface area (Å²) in [5.74, 6) is -0.707. The molecule has 0 atom stereocenters. The molecular formula is C20H22FN5O4. The molecule has 2 aromatic rings. The smallest absolute Gasteiger partial charge is 0.321 e. The van der Waals surface area contributed by atoms with E-state index in [1.807, 2.05) is 0 Å². The summed E-state index contributed by atoms with van der Waals surface area (Å²) in [6.45, 7) is 1.24. The van der Waals surface area contributed by atoms with E-state index in [1.165, 1.54) is 30.3 Å². The van der Waals surface area contributed by atoms with Gasteiger partial charge in [0.05, 0.1) is 4.92 Å². The van der Waals surface area contributed by atoms with Crippen molar-refractivity contribution in [1.29, 1.82) is 0 Å². The lowest BCUT2D eigenvalue weighted by Crippen LogP contribution is -2.51. The van der Waals surface area contributed by atoms with Crippen molar-refractivity contribution >= 4 is 29.0 Å². The van der Waals surface area contributed by atoms with Crippen LogP contribution in [0.2, 0.25) is 0 Å². The van der Waals surface area contributed by atoms with E-state index in [2.05, 4.69) is 5.32 Å². The molecule has 0 radical (unpaired) electrons. The van der Waals surface area contributed by atoms with Gasteiger partial charge in [-0.15, -0.1) is 0 Å². The van der Waals surface area contributed by atoms with Crippen LogP contribution >= 0.6 is 0 Å². The molecule has 1 N–H and O–H groups in total. The number of benzene rings is 2. The van der Waals surface area contributed by atoms with Gasteiger partial charge in [-0.05, 0) is 36.4 Å². The van der Waals surface area contributed by atoms with E-state index >= 15 is 0 Å². The first-order valence-electron chi connectivity index (χ1n) is 9.33. The van der Waals surface area contributed by atoms with Crippen molar-refractivity contribution in [2.75, 3.05) is 50.5 Å². The maximum absolute atomic E-state index is 13.0. The zero-order valence-electron chi connectivity index (χ0n) is 16.7. The summed E-state index contributed by atoms with van der Waals surface area (Å²) in [5.41, 5.74) is 0.992. The van der Waals surface area contributed by atoms with Crippen molar-refractivity contribution in [3.8, 4) is 0 Å². The van der Waals surface area contributed by atoms with Gasteiger partial charge in [0, 0.05) is 57.6 Å². The Bertz CT molecular complexity index is 956. The van der Waals surface area contributed by atoms with Crippen LogP contribution in [0.3, 0.4) is 0 Å². The van der Waals surface area contributed by atoms with Crippen LogP contribution in [-0.2, 0) is 0 Å². The van der Waals surface area contributed by atoms with E-state index in [0.29, 0.717) is 37.6 Å². The molecule has 1 heterocycles. The third-order valence-electron chi connectivity index (χ3n) is 4.85. The lowest BCUT2D eigenvalue weighted by Gasteiger charge is -2.34. The highest BCUT2D eigenvalue weighted by atomic mass is 19.1. The van der Waals surface area contributed by atoms with Gasteiger partial charge in [0.2, 0.25) is 0 Å². The number of nitrogens with zero attached hydrogens (tertiary/aromatic N) is 4. The third-order valence-corrected chi connectivity index (χ3v) is 4.85. The largest absolute Gasteiger partial charge is 0.372 e. The number of hydrogen-bond acceptors (Lipinski definition) is 5. The molecule has 0 bridgehead atoms. The summed E-state index contributed by atoms with van der Waals surface area (Å²) in [5, 5.41) is 14.0. The topological polar surface area (TPSA) is 99.0 Å². The summed E-state index contributed by atoms with van der Waals surface area (Å²) in [6, 6.07) is 9.52. The van der Waals surface area contributed by atoms with E-state index < -0.39 is 4.92 Å². The van der Waals surface area contributed by atoms with E-state index in [4.69, 9.17) is 0 Å². The highest BCUT2D eigenvalue weighted by Gasteiger charge is 2.27. The fourth-order valence-corrected chi connectivity index (χ4v) is 3.21. The zero-order valence-corrected chi connectivity index (χ0v) is 16.7. The second-order valence-electron chi connectivity index (χ2n) is 7.07. The monoisotopic (exact) mass is 415 g/mol. The fourth-order valence-electron chi connectivity index (χ4n) is 3.21. The van der Waals surface area contributed by atoms with Crippen molar-refractivity contribution < 1.29 is 18.9 Å². The first kappa shape index (κ1) is 21.0. The molecule has 158 valence electrons. The Balaban J connectivity index is 1.62. The third kappa shape index (κ3) is 4.65. The summed E-state index contributed by atoms with van der Waals surface area (Å²) in [7, 11) is 3.39. The first-order valence-corrected chi connectivity index (χ1v) is 9.33. The molecule has 10 heteroatoms. The first-order chi connectivity index (χ1) is 14.3. The van der Waals surface area contributed by atoms with Crippen LogP contribution in [0.1, 0.15) is 10.4 Å². The van der Waals surface area contributed by atoms with Crippen molar-refractivity contribution in [2.45, 2.75) is 0 Å². The Kier molecular flexibility index (Phi) is 6.14. The lowest BCUT2D eigenvalue weighted by atomic mass is 10.1. The van der Waals surface area contributed by atoms with Crippen LogP contribution in [0.4, 0.5) is 26.2 Å². The van der Waals surface area contributed by atoms with Crippen LogP contribution in [0, 0.1) is 15.9 Å². The number of piperazine rings is 1. The van der Waals surface area contributed by atoms with Gasteiger partial charge in [0.15, 0.2) is 0 Å². The van der Waals surface area contributed by atoms with Gasteiger partial charge in [0.1, 0.15) is 11.5 Å². The maximum atomic E-state index is 13.0. The summed E-state index contributed by atoms with van der Waals surface area (Å²) < 4.78 is 13.0. The van der Waals surface area contributed by atoms with Crippen molar-refractivity contribution in [3.05, 3.63) is 64.0 Å². The van der Waals surface area contributed by atoms with E-state index in [9.17, 15) is 24.1 Å². The summed E-state index contributed by atoms with van der Waals surface area (Å²) in [6.07, 6.45) is 0. The molecule has 0 aliphatic carbocycles. The standard InChI is InChI=1S/C20H22FN5O4/c1-23(2)17-8-3-14(13-18(17)26(29)30)19(27)24-9-11-25(12-10-24)20(28)22-16-6-4-15(21)5-7-16/h3-8,13H,9-12H2,1-2H3,(H,22,28). The number of anilines is 2. The van der Waals surface area contributed by atoms with Gasteiger partial charge in [-0.25, -0.2) is 9.18 Å². The number of carbonyl (C=O) groups excluding carboxylic acids is 2. The SMILES string of the molecule is CN(C)c1ccc(C(=O)N2CCN(C(=O)Nc3ccc(F)cc3)CC2)cc1[N+](=O)[O-]. The van der Waals surface area contributed by atoms with Crippen molar-refractivity contribution in [1.82, 2.24) is 9.80 Å². The molecule has 0 aromatic heterocycles. The number of urea groups is 1. The zero-order chi connectivity index (χ0) is 21.8. The van der Waals surface area contributed by atoms with Gasteiger partial charge in [-0.2, -0.15) is 0 Å². The molecule has 1 aliphatic heterocycles. The number of nitrogens with one attached hydrogen (secondary N) is 1. The van der Waals surface area contributed by atoms with Gasteiger partial charge < -0.3 is 20.0 Å². The molecule has 9 nitrogen and oxygen atoms in total. The molecule has 3 amide bonds. The van der Waals surface area contributed by atoms with Crippen LogP contribution in [0.5, 0.6) is 0 Å². The van der Waals surface area contributed by atoms with Crippen LogP contribution < -0.4 is 10.2 Å². The van der Waals surface area contributed by atoms with Crippen molar-refractivity contribution in [3.63, 3.8) is 0 Å². The average Bonchev–Trinajstić information content (AvgIpc) is 2.74. The van der Waals surface area contributed by atoms with Crippen molar-refractivity contribution in [2.24, 2.45) is 0 Å². The van der Waals surface area contributed by atoms with Gasteiger partial charge >= 0.3 is 6.03 Å². The Morgan fingerprint density at radius 1 is 1.03 bits per heavy atom. The normalized spacial score (nSPS) is 13.7. The summed E-state index contributed by atoms with van der Waals surface area (Å²) in [4.78, 5) is 40.7.